The molecule has 0 bridgehead atoms. The highest BCUT2D eigenvalue weighted by molar-refractivity contribution is 5.53. The highest BCUT2D eigenvalue weighted by Crippen LogP contribution is 2.19. The molecule has 0 heterocycles. The van der Waals surface area contributed by atoms with Crippen LogP contribution in [-0.2, 0) is 0 Å². The quantitative estimate of drug-likeness (QED) is 0.257. The molecule has 1 aromatic carbocycles. The van der Waals surface area contributed by atoms with Gasteiger partial charge >= 0.3 is 5.69 Å². The van der Waals surface area contributed by atoms with E-state index in [1.54, 1.807) is 0 Å². The lowest BCUT2D eigenvalue weighted by molar-refractivity contribution is -0.387. The minimum absolute atomic E-state index is 0.141. The van der Waals surface area contributed by atoms with Crippen molar-refractivity contribution in [2.24, 2.45) is 5.11 Å². The van der Waals surface area contributed by atoms with E-state index in [1.165, 1.54) is 18.2 Å². The van der Waals surface area contributed by atoms with E-state index < -0.39 is 16.4 Å². The molecule has 0 unspecified atom stereocenters. The SMILES string of the molecule is [N-]=[N+]=NCC=Cc1ccc(F)c([N+](=O)[O-])c1. The number of hydrogen-bond acceptors (Lipinski definition) is 3. The first-order valence-electron chi connectivity index (χ1n) is 4.26. The van der Waals surface area contributed by atoms with Crippen LogP contribution in [-0.4, -0.2) is 11.5 Å². The second-order valence-corrected chi connectivity index (χ2v) is 2.78. The van der Waals surface area contributed by atoms with Gasteiger partial charge in [0, 0.05) is 17.5 Å². The molecule has 0 amide bonds. The number of hydrogen-bond donors (Lipinski definition) is 0. The van der Waals surface area contributed by atoms with Gasteiger partial charge in [-0.15, -0.1) is 0 Å². The zero-order valence-electron chi connectivity index (χ0n) is 8.08. The average molecular weight is 222 g/mol. The molecule has 0 fully saturated rings. The first-order valence-corrected chi connectivity index (χ1v) is 4.26. The molecule has 0 aliphatic rings. The van der Waals surface area contributed by atoms with E-state index in [1.807, 2.05) is 0 Å². The van der Waals surface area contributed by atoms with E-state index in [2.05, 4.69) is 10.0 Å². The average Bonchev–Trinajstić information content (AvgIpc) is 2.26. The maximum atomic E-state index is 12.9. The summed E-state index contributed by atoms with van der Waals surface area (Å²) in [5.74, 6) is -0.878. The van der Waals surface area contributed by atoms with E-state index >= 15 is 0 Å². The van der Waals surface area contributed by atoms with Gasteiger partial charge < -0.3 is 0 Å². The topological polar surface area (TPSA) is 91.9 Å². The third kappa shape index (κ3) is 3.07. The summed E-state index contributed by atoms with van der Waals surface area (Å²) in [4.78, 5) is 12.2. The molecule has 0 N–H and O–H groups in total. The third-order valence-electron chi connectivity index (χ3n) is 1.73. The minimum atomic E-state index is -0.878. The van der Waals surface area contributed by atoms with Crippen molar-refractivity contribution < 1.29 is 9.31 Å². The molecule has 0 atom stereocenters. The van der Waals surface area contributed by atoms with Crippen LogP contribution in [0.3, 0.4) is 0 Å². The number of rotatable bonds is 4. The minimum Gasteiger partial charge on any atom is -0.258 e. The van der Waals surface area contributed by atoms with Gasteiger partial charge in [0.1, 0.15) is 0 Å². The first kappa shape index (κ1) is 11.7. The second-order valence-electron chi connectivity index (χ2n) is 2.78. The van der Waals surface area contributed by atoms with Crippen LogP contribution < -0.4 is 0 Å². The van der Waals surface area contributed by atoms with Crippen LogP contribution in [0.4, 0.5) is 10.1 Å². The molecule has 0 saturated heterocycles. The smallest absolute Gasteiger partial charge is 0.258 e. The molecule has 7 heteroatoms. The van der Waals surface area contributed by atoms with Gasteiger partial charge in [0.25, 0.3) is 0 Å². The molecule has 0 spiro atoms. The van der Waals surface area contributed by atoms with Crippen LogP contribution in [0.1, 0.15) is 5.56 Å². The zero-order chi connectivity index (χ0) is 12.0. The maximum Gasteiger partial charge on any atom is 0.305 e. The molecule has 0 saturated carbocycles. The summed E-state index contributed by atoms with van der Waals surface area (Å²) in [5.41, 5.74) is 7.90. The summed E-state index contributed by atoms with van der Waals surface area (Å²) in [5, 5.41) is 13.7. The summed E-state index contributed by atoms with van der Waals surface area (Å²) in [7, 11) is 0. The summed E-state index contributed by atoms with van der Waals surface area (Å²) in [6.07, 6.45) is 3.04. The Morgan fingerprint density at radius 3 is 3.00 bits per heavy atom. The highest BCUT2D eigenvalue weighted by Gasteiger charge is 2.12. The standard InChI is InChI=1S/C9H7FN4O2/c10-8-4-3-7(2-1-5-12-13-11)6-9(8)14(15)16/h1-4,6H,5H2. The van der Waals surface area contributed by atoms with Crippen LogP contribution >= 0.6 is 0 Å². The van der Waals surface area contributed by atoms with Crippen LogP contribution in [0.5, 0.6) is 0 Å². The Bertz CT molecular complexity index is 480. The molecule has 0 aromatic heterocycles. The normalized spacial score (nSPS) is 10.1. The second kappa shape index (κ2) is 5.47. The molecule has 6 nitrogen and oxygen atoms in total. The van der Waals surface area contributed by atoms with Gasteiger partial charge in [-0.05, 0) is 17.2 Å². The van der Waals surface area contributed by atoms with Crippen molar-refractivity contribution in [3.8, 4) is 0 Å². The van der Waals surface area contributed by atoms with E-state index in [9.17, 15) is 14.5 Å². The number of nitrogens with zero attached hydrogens (tertiary/aromatic N) is 4. The van der Waals surface area contributed by atoms with E-state index in [4.69, 9.17) is 5.53 Å². The van der Waals surface area contributed by atoms with Crippen LogP contribution in [0.15, 0.2) is 29.4 Å². The molecule has 0 aliphatic heterocycles. The molecule has 82 valence electrons. The van der Waals surface area contributed by atoms with Gasteiger partial charge in [-0.25, -0.2) is 0 Å². The molecule has 0 radical (unpaired) electrons. The lowest BCUT2D eigenvalue weighted by atomic mass is 10.2. The van der Waals surface area contributed by atoms with Crippen LogP contribution in [0.25, 0.3) is 16.5 Å². The summed E-state index contributed by atoms with van der Waals surface area (Å²) < 4.78 is 12.9. The van der Waals surface area contributed by atoms with Crippen LogP contribution in [0.2, 0.25) is 0 Å². The highest BCUT2D eigenvalue weighted by atomic mass is 19.1. The monoisotopic (exact) mass is 222 g/mol. The Balaban J connectivity index is 2.90. The Morgan fingerprint density at radius 1 is 1.62 bits per heavy atom. The van der Waals surface area contributed by atoms with Gasteiger partial charge in [-0.3, -0.25) is 10.1 Å². The van der Waals surface area contributed by atoms with E-state index in [0.29, 0.717) is 5.56 Å². The van der Waals surface area contributed by atoms with Crippen molar-refractivity contribution in [1.29, 1.82) is 0 Å². The number of nitro groups is 1. The predicted octanol–water partition coefficient (Wildman–Crippen LogP) is 3.06. The van der Waals surface area contributed by atoms with Crippen molar-refractivity contribution in [3.05, 3.63) is 56.2 Å². The van der Waals surface area contributed by atoms with Crippen molar-refractivity contribution in [3.63, 3.8) is 0 Å². The molecular weight excluding hydrogens is 215 g/mol. The van der Waals surface area contributed by atoms with Gasteiger partial charge in [0.05, 0.1) is 4.92 Å². The van der Waals surface area contributed by atoms with Crippen molar-refractivity contribution in [1.82, 2.24) is 0 Å². The van der Waals surface area contributed by atoms with Gasteiger partial charge in [0.15, 0.2) is 0 Å². The molecule has 16 heavy (non-hydrogen) atoms. The molecule has 1 rings (SSSR count). The van der Waals surface area contributed by atoms with E-state index in [0.717, 1.165) is 12.1 Å². The fourth-order valence-electron chi connectivity index (χ4n) is 1.05. The lowest BCUT2D eigenvalue weighted by Gasteiger charge is -1.95. The Hall–Kier alpha value is -2.40. The fraction of sp³-hybridized carbons (Fsp3) is 0.111. The van der Waals surface area contributed by atoms with Crippen LogP contribution in [0, 0.1) is 15.9 Å². The fourth-order valence-corrected chi connectivity index (χ4v) is 1.05. The third-order valence-corrected chi connectivity index (χ3v) is 1.73. The largest absolute Gasteiger partial charge is 0.305 e. The molecule has 1 aromatic rings. The first-order chi connectivity index (χ1) is 7.65. The summed E-state index contributed by atoms with van der Waals surface area (Å²) in [6, 6.07) is 3.53. The van der Waals surface area contributed by atoms with Gasteiger partial charge in [-0.2, -0.15) is 4.39 Å². The maximum absolute atomic E-state index is 12.9. The Labute approximate surface area is 89.8 Å². The summed E-state index contributed by atoms with van der Waals surface area (Å²) >= 11 is 0. The molecule has 0 aliphatic carbocycles. The van der Waals surface area contributed by atoms with Crippen molar-refractivity contribution >= 4 is 11.8 Å². The zero-order valence-corrected chi connectivity index (χ0v) is 8.08. The number of nitro benzene ring substituents is 1. The van der Waals surface area contributed by atoms with Gasteiger partial charge in [-0.1, -0.05) is 23.3 Å². The number of halogens is 1. The van der Waals surface area contributed by atoms with Crippen molar-refractivity contribution in [2.45, 2.75) is 0 Å². The van der Waals surface area contributed by atoms with Crippen molar-refractivity contribution in [2.75, 3.05) is 6.54 Å². The lowest BCUT2D eigenvalue weighted by Crippen LogP contribution is -1.92. The predicted molar refractivity (Wildman–Crippen MR) is 56.1 cm³/mol. The van der Waals surface area contributed by atoms with E-state index in [-0.39, 0.29) is 6.54 Å². The molecular formula is C9H7FN4O2. The van der Waals surface area contributed by atoms with Gasteiger partial charge in [0.2, 0.25) is 5.82 Å². The summed E-state index contributed by atoms with van der Waals surface area (Å²) in [6.45, 7) is 0.141. The number of benzene rings is 1. The Kier molecular flexibility index (Phi) is 3.99. The Morgan fingerprint density at radius 2 is 2.38 bits per heavy atom. The number of azide groups is 1.